The molecule has 20 heavy (non-hydrogen) atoms. The highest BCUT2D eigenvalue weighted by atomic mass is 127. The highest BCUT2D eigenvalue weighted by molar-refractivity contribution is 14.0. The average molecular weight is 388 g/mol. The van der Waals surface area contributed by atoms with Crippen molar-refractivity contribution in [3.05, 3.63) is 42.5 Å². The summed E-state index contributed by atoms with van der Waals surface area (Å²) in [5.74, 6) is 0.819. The van der Waals surface area contributed by atoms with Gasteiger partial charge in [0, 0.05) is 32.9 Å². The molecule has 5 heteroatoms. The molecule has 2 N–H and O–H groups in total. The molecular weight excluding hydrogens is 363 g/mol. The van der Waals surface area contributed by atoms with Crippen LogP contribution in [0.3, 0.4) is 0 Å². The number of nitrogens with one attached hydrogen (secondary N) is 2. The number of halogens is 1. The maximum Gasteiger partial charge on any atom is 0.191 e. The number of hydrogen-bond acceptors (Lipinski definition) is 2. The van der Waals surface area contributed by atoms with E-state index in [-0.39, 0.29) is 24.0 Å². The first-order valence-electron chi connectivity index (χ1n) is 6.56. The molecule has 112 valence electrons. The number of rotatable bonds is 6. The van der Waals surface area contributed by atoms with E-state index in [1.807, 2.05) is 20.2 Å². The topological polar surface area (TPSA) is 39.7 Å². The van der Waals surface area contributed by atoms with Crippen molar-refractivity contribution >= 4 is 35.6 Å². The number of hydrogen-bond donors (Lipinski definition) is 2. The average Bonchev–Trinajstić information content (AvgIpc) is 2.42. The van der Waals surface area contributed by atoms with Crippen molar-refractivity contribution in [3.63, 3.8) is 0 Å². The molecule has 4 nitrogen and oxygen atoms in total. The van der Waals surface area contributed by atoms with Crippen molar-refractivity contribution < 1.29 is 0 Å². The largest absolute Gasteiger partial charge is 0.378 e. The van der Waals surface area contributed by atoms with E-state index in [9.17, 15) is 0 Å². The molecule has 0 radical (unpaired) electrons. The lowest BCUT2D eigenvalue weighted by Crippen LogP contribution is -2.37. The Morgan fingerprint density at radius 3 is 2.40 bits per heavy atom. The lowest BCUT2D eigenvalue weighted by atomic mass is 10.2. The fraction of sp³-hybridized carbons (Fsp3) is 0.400. The fourth-order valence-corrected chi connectivity index (χ4v) is 1.58. The summed E-state index contributed by atoms with van der Waals surface area (Å²) in [7, 11) is 4.07. The van der Waals surface area contributed by atoms with E-state index in [4.69, 9.17) is 0 Å². The van der Waals surface area contributed by atoms with Gasteiger partial charge in [-0.25, -0.2) is 4.99 Å². The van der Waals surface area contributed by atoms with E-state index in [2.05, 4.69) is 58.3 Å². The van der Waals surface area contributed by atoms with Gasteiger partial charge in [0.25, 0.3) is 0 Å². The SMILES string of the molecule is C=CCNC(=NCc1ccc(N(C)C)cc1)NCC.I. The number of anilines is 1. The van der Waals surface area contributed by atoms with Gasteiger partial charge in [0.05, 0.1) is 6.54 Å². The molecule has 0 saturated heterocycles. The molecule has 0 atom stereocenters. The third-order valence-electron chi connectivity index (χ3n) is 2.63. The zero-order chi connectivity index (χ0) is 14.1. The van der Waals surface area contributed by atoms with Crippen LogP contribution in [0, 0.1) is 0 Å². The summed E-state index contributed by atoms with van der Waals surface area (Å²) in [5, 5.41) is 6.38. The van der Waals surface area contributed by atoms with Crippen molar-refractivity contribution in [2.75, 3.05) is 32.1 Å². The van der Waals surface area contributed by atoms with Gasteiger partial charge in [-0.05, 0) is 24.6 Å². The van der Waals surface area contributed by atoms with E-state index in [1.54, 1.807) is 0 Å². The van der Waals surface area contributed by atoms with Crippen LogP contribution in [-0.4, -0.2) is 33.1 Å². The first kappa shape index (κ1) is 18.8. The van der Waals surface area contributed by atoms with Crippen LogP contribution in [0.15, 0.2) is 41.9 Å². The van der Waals surface area contributed by atoms with Crippen molar-refractivity contribution in [1.29, 1.82) is 0 Å². The molecule has 0 aromatic heterocycles. The van der Waals surface area contributed by atoms with Crippen LogP contribution in [0.2, 0.25) is 0 Å². The molecule has 0 bridgehead atoms. The molecule has 0 aliphatic heterocycles. The second kappa shape index (κ2) is 10.5. The highest BCUT2D eigenvalue weighted by Crippen LogP contribution is 2.12. The Morgan fingerprint density at radius 1 is 1.25 bits per heavy atom. The molecular formula is C15H25IN4. The van der Waals surface area contributed by atoms with E-state index < -0.39 is 0 Å². The van der Waals surface area contributed by atoms with Gasteiger partial charge in [-0.2, -0.15) is 0 Å². The maximum absolute atomic E-state index is 4.53. The summed E-state index contributed by atoms with van der Waals surface area (Å²) < 4.78 is 0. The fourth-order valence-electron chi connectivity index (χ4n) is 1.58. The Labute approximate surface area is 139 Å². The quantitative estimate of drug-likeness (QED) is 0.341. The molecule has 1 aromatic carbocycles. The minimum atomic E-state index is 0. The number of benzene rings is 1. The number of aliphatic imine (C=N–C) groups is 1. The van der Waals surface area contributed by atoms with E-state index in [0.717, 1.165) is 12.5 Å². The molecule has 0 fully saturated rings. The normalized spacial score (nSPS) is 10.4. The Kier molecular flexibility index (Phi) is 9.88. The Bertz CT molecular complexity index is 412. The van der Waals surface area contributed by atoms with Crippen molar-refractivity contribution in [3.8, 4) is 0 Å². The molecule has 0 unspecified atom stereocenters. The van der Waals surface area contributed by atoms with Gasteiger partial charge < -0.3 is 15.5 Å². The van der Waals surface area contributed by atoms with Crippen LogP contribution >= 0.6 is 24.0 Å². The molecule has 0 saturated carbocycles. The summed E-state index contributed by atoms with van der Waals surface area (Å²) in [6.07, 6.45) is 1.82. The molecule has 0 amide bonds. The first-order valence-corrected chi connectivity index (χ1v) is 6.56. The molecule has 1 rings (SSSR count). The van der Waals surface area contributed by atoms with Gasteiger partial charge in [0.1, 0.15) is 0 Å². The third kappa shape index (κ3) is 6.79. The summed E-state index contributed by atoms with van der Waals surface area (Å²) in [6, 6.07) is 8.43. The standard InChI is InChI=1S/C15H24N4.HI/c1-5-11-17-15(16-6-2)18-12-13-7-9-14(10-8-13)19(3)4;/h5,7-10H,1,6,11-12H2,2-4H3,(H2,16,17,18);1H. The smallest absolute Gasteiger partial charge is 0.191 e. The second-order valence-electron chi connectivity index (χ2n) is 4.43. The van der Waals surface area contributed by atoms with Gasteiger partial charge in [-0.15, -0.1) is 30.6 Å². The molecule has 1 aromatic rings. The van der Waals surface area contributed by atoms with Crippen LogP contribution < -0.4 is 15.5 Å². The van der Waals surface area contributed by atoms with Crippen molar-refractivity contribution in [2.24, 2.45) is 4.99 Å². The van der Waals surface area contributed by atoms with E-state index in [0.29, 0.717) is 13.1 Å². The summed E-state index contributed by atoms with van der Waals surface area (Å²) >= 11 is 0. The molecule has 0 aliphatic rings. The van der Waals surface area contributed by atoms with Crippen LogP contribution in [0.5, 0.6) is 0 Å². The second-order valence-corrected chi connectivity index (χ2v) is 4.43. The van der Waals surface area contributed by atoms with Gasteiger partial charge in [0.15, 0.2) is 5.96 Å². The molecule has 0 spiro atoms. The summed E-state index contributed by atoms with van der Waals surface area (Å²) in [4.78, 5) is 6.61. The molecule has 0 heterocycles. The maximum atomic E-state index is 4.53. The van der Waals surface area contributed by atoms with Gasteiger partial charge in [-0.1, -0.05) is 18.2 Å². The van der Waals surface area contributed by atoms with Crippen molar-refractivity contribution in [1.82, 2.24) is 10.6 Å². The van der Waals surface area contributed by atoms with Crippen LogP contribution in [0.1, 0.15) is 12.5 Å². The Morgan fingerprint density at radius 2 is 1.90 bits per heavy atom. The van der Waals surface area contributed by atoms with Gasteiger partial charge >= 0.3 is 0 Å². The van der Waals surface area contributed by atoms with Gasteiger partial charge in [0.2, 0.25) is 0 Å². The number of nitrogens with zero attached hydrogens (tertiary/aromatic N) is 2. The van der Waals surface area contributed by atoms with E-state index >= 15 is 0 Å². The van der Waals surface area contributed by atoms with Crippen molar-refractivity contribution in [2.45, 2.75) is 13.5 Å². The monoisotopic (exact) mass is 388 g/mol. The summed E-state index contributed by atoms with van der Waals surface area (Å²) in [6.45, 7) is 7.97. The lowest BCUT2D eigenvalue weighted by Gasteiger charge is -2.12. The Balaban J connectivity index is 0.00000361. The van der Waals surface area contributed by atoms with Crippen LogP contribution in [-0.2, 0) is 6.54 Å². The minimum Gasteiger partial charge on any atom is -0.378 e. The predicted octanol–water partition coefficient (Wildman–Crippen LogP) is 2.61. The zero-order valence-electron chi connectivity index (χ0n) is 12.5. The zero-order valence-corrected chi connectivity index (χ0v) is 14.8. The summed E-state index contributed by atoms with van der Waals surface area (Å²) in [5.41, 5.74) is 2.39. The van der Waals surface area contributed by atoms with Crippen LogP contribution in [0.4, 0.5) is 5.69 Å². The third-order valence-corrected chi connectivity index (χ3v) is 2.63. The number of guanidine groups is 1. The minimum absolute atomic E-state index is 0. The predicted molar refractivity (Wildman–Crippen MR) is 99.2 cm³/mol. The first-order chi connectivity index (χ1) is 9.17. The highest BCUT2D eigenvalue weighted by Gasteiger charge is 1.97. The molecule has 0 aliphatic carbocycles. The van der Waals surface area contributed by atoms with E-state index in [1.165, 1.54) is 11.3 Å². The lowest BCUT2D eigenvalue weighted by molar-refractivity contribution is 0.860. The Hall–Kier alpha value is -1.24. The van der Waals surface area contributed by atoms with Gasteiger partial charge in [-0.3, -0.25) is 0 Å². The van der Waals surface area contributed by atoms with Crippen LogP contribution in [0.25, 0.3) is 0 Å².